The molecule has 2 aromatic heterocycles. The number of benzene rings is 2. The van der Waals surface area contributed by atoms with Crippen molar-refractivity contribution in [1.29, 1.82) is 0 Å². The van der Waals surface area contributed by atoms with E-state index >= 15 is 0 Å². The lowest BCUT2D eigenvalue weighted by Gasteiger charge is -2.37. The third-order valence-corrected chi connectivity index (χ3v) is 9.67. The number of halogens is 3. The number of nitrogens with zero attached hydrogens (tertiary/aromatic N) is 4. The van der Waals surface area contributed by atoms with E-state index in [1.165, 1.54) is 11.9 Å². The number of carbonyl (C=O) groups excluding carboxylic acids is 1. The van der Waals surface area contributed by atoms with Crippen molar-refractivity contribution < 1.29 is 32.2 Å². The first kappa shape index (κ1) is 34.0. The maximum absolute atomic E-state index is 14.7. The van der Waals surface area contributed by atoms with Crippen LogP contribution in [0.3, 0.4) is 0 Å². The Kier molecular flexibility index (Phi) is 8.70. The molecular weight excluding hydrogens is 637 g/mol. The summed E-state index contributed by atoms with van der Waals surface area (Å²) in [5.41, 5.74) is 2.02. The predicted octanol–water partition coefficient (Wildman–Crippen LogP) is 6.72. The van der Waals surface area contributed by atoms with Gasteiger partial charge in [0.25, 0.3) is 11.5 Å². The smallest absolute Gasteiger partial charge is 0.435 e. The summed E-state index contributed by atoms with van der Waals surface area (Å²) in [4.78, 5) is 34.0. The van der Waals surface area contributed by atoms with Crippen LogP contribution in [-0.2, 0) is 32.6 Å². The standard InChI is InChI=1S/C37H39F3N4O5/c1-36(2,3)22-17-21(14-20-15-28(47-5)32(49-7)29(16-20)48-6)31-25(18-22)30(24-10-8-9-11-27(24)41-31)35(46)44-13-12-23-26(19-44)33(37(38,39)40)42-43(4)34(23)45/h8-11,14-16,22H,12-13,17-19H2,1-7H3/b21-14-. The van der Waals surface area contributed by atoms with Crippen molar-refractivity contribution in [2.75, 3.05) is 27.9 Å². The highest BCUT2D eigenvalue weighted by Crippen LogP contribution is 2.46. The number of alkyl halides is 3. The van der Waals surface area contributed by atoms with E-state index < -0.39 is 23.3 Å². The maximum Gasteiger partial charge on any atom is 0.435 e. The van der Waals surface area contributed by atoms with Crippen LogP contribution in [0.15, 0.2) is 41.2 Å². The van der Waals surface area contributed by atoms with Gasteiger partial charge in [-0.15, -0.1) is 0 Å². The summed E-state index contributed by atoms with van der Waals surface area (Å²) in [7, 11) is 5.85. The zero-order chi connectivity index (χ0) is 35.4. The Morgan fingerprint density at radius 3 is 2.24 bits per heavy atom. The number of carbonyl (C=O) groups is 1. The predicted molar refractivity (Wildman–Crippen MR) is 180 cm³/mol. The van der Waals surface area contributed by atoms with Crippen molar-refractivity contribution in [1.82, 2.24) is 19.7 Å². The van der Waals surface area contributed by atoms with Gasteiger partial charge >= 0.3 is 6.18 Å². The Morgan fingerprint density at radius 2 is 1.63 bits per heavy atom. The Morgan fingerprint density at radius 1 is 0.959 bits per heavy atom. The van der Waals surface area contributed by atoms with Gasteiger partial charge in [-0.3, -0.25) is 9.59 Å². The first-order valence-electron chi connectivity index (χ1n) is 16.0. The summed E-state index contributed by atoms with van der Waals surface area (Å²) in [6, 6.07) is 11.0. The number of hydrogen-bond acceptors (Lipinski definition) is 7. The number of ether oxygens (including phenoxy) is 3. The average molecular weight is 677 g/mol. The van der Waals surface area contributed by atoms with E-state index in [0.717, 1.165) is 21.4 Å². The third kappa shape index (κ3) is 6.13. The van der Waals surface area contributed by atoms with Crippen LogP contribution in [0.4, 0.5) is 13.2 Å². The van der Waals surface area contributed by atoms with Gasteiger partial charge in [0.15, 0.2) is 17.2 Å². The number of rotatable bonds is 5. The second-order valence-corrected chi connectivity index (χ2v) is 13.6. The largest absolute Gasteiger partial charge is 0.493 e. The monoisotopic (exact) mass is 676 g/mol. The normalized spacial score (nSPS) is 17.1. The molecule has 2 aromatic carbocycles. The average Bonchev–Trinajstić information content (AvgIpc) is 3.06. The van der Waals surface area contributed by atoms with Crippen LogP contribution in [-0.4, -0.2) is 53.4 Å². The van der Waals surface area contributed by atoms with E-state index in [1.54, 1.807) is 21.3 Å². The molecule has 0 N–H and O–H groups in total. The van der Waals surface area contributed by atoms with Gasteiger partial charge in [0.05, 0.1) is 38.1 Å². The lowest BCUT2D eigenvalue weighted by Crippen LogP contribution is -2.42. The van der Waals surface area contributed by atoms with Crippen molar-refractivity contribution in [2.24, 2.45) is 18.4 Å². The summed E-state index contributed by atoms with van der Waals surface area (Å²) in [6.45, 7) is 6.18. The molecule has 49 heavy (non-hydrogen) atoms. The van der Waals surface area contributed by atoms with Crippen molar-refractivity contribution >= 4 is 28.5 Å². The van der Waals surface area contributed by atoms with Crippen molar-refractivity contribution in [3.8, 4) is 17.2 Å². The summed E-state index contributed by atoms with van der Waals surface area (Å²) in [5.74, 6) is 1.15. The lowest BCUT2D eigenvalue weighted by molar-refractivity contribution is -0.143. The molecule has 0 fully saturated rings. The van der Waals surface area contributed by atoms with Crippen molar-refractivity contribution in [2.45, 2.75) is 52.8 Å². The van der Waals surface area contributed by atoms with Gasteiger partial charge in [-0.1, -0.05) is 39.0 Å². The molecule has 6 rings (SSSR count). The number of para-hydroxylation sites is 1. The molecule has 1 aliphatic heterocycles. The number of hydrogen-bond donors (Lipinski definition) is 0. The summed E-state index contributed by atoms with van der Waals surface area (Å²) in [5, 5.41) is 4.19. The highest BCUT2D eigenvalue weighted by molar-refractivity contribution is 6.09. The SMILES string of the molecule is COc1cc(/C=C2/CC(C(C)(C)C)Cc3c2nc2ccccc2c3C(=O)N2CCc3c(c(C(F)(F)F)nn(C)c3=O)C2)cc(OC)c1OC. The van der Waals surface area contributed by atoms with Gasteiger partial charge in [0.2, 0.25) is 5.75 Å². The Bertz CT molecular complexity index is 2040. The zero-order valence-corrected chi connectivity index (χ0v) is 28.6. The minimum Gasteiger partial charge on any atom is -0.493 e. The fraction of sp³-hybridized carbons (Fsp3) is 0.405. The molecule has 2 aliphatic rings. The van der Waals surface area contributed by atoms with Crippen molar-refractivity contribution in [3.63, 3.8) is 0 Å². The maximum atomic E-state index is 14.7. The van der Waals surface area contributed by atoms with Crippen LogP contribution >= 0.6 is 0 Å². The zero-order valence-electron chi connectivity index (χ0n) is 28.6. The molecular formula is C37H39F3N4O5. The molecule has 3 heterocycles. The Labute approximate surface area is 282 Å². The second-order valence-electron chi connectivity index (χ2n) is 13.6. The molecule has 0 saturated heterocycles. The Balaban J connectivity index is 1.54. The second kappa shape index (κ2) is 12.5. The van der Waals surface area contributed by atoms with E-state index in [4.69, 9.17) is 19.2 Å². The first-order valence-corrected chi connectivity index (χ1v) is 16.0. The highest BCUT2D eigenvalue weighted by Gasteiger charge is 2.41. The summed E-state index contributed by atoms with van der Waals surface area (Å²) >= 11 is 0. The molecule has 9 nitrogen and oxygen atoms in total. The molecule has 4 aromatic rings. The highest BCUT2D eigenvalue weighted by atomic mass is 19.4. The van der Waals surface area contributed by atoms with E-state index in [-0.39, 0.29) is 42.0 Å². The molecule has 0 radical (unpaired) electrons. The van der Waals surface area contributed by atoms with E-state index in [9.17, 15) is 22.8 Å². The number of pyridine rings is 1. The molecule has 1 atom stereocenters. The number of fused-ring (bicyclic) bond motifs is 3. The van der Waals surface area contributed by atoms with Gasteiger partial charge in [0.1, 0.15) is 0 Å². The van der Waals surface area contributed by atoms with E-state index in [0.29, 0.717) is 52.3 Å². The molecule has 0 saturated carbocycles. The van der Waals surface area contributed by atoms with Gasteiger partial charge in [-0.2, -0.15) is 18.3 Å². The molecule has 12 heteroatoms. The Hall–Kier alpha value is -4.87. The summed E-state index contributed by atoms with van der Waals surface area (Å²) < 4.78 is 59.9. The fourth-order valence-corrected chi connectivity index (χ4v) is 6.99. The van der Waals surface area contributed by atoms with Crippen molar-refractivity contribution in [3.05, 3.63) is 86.0 Å². The lowest BCUT2D eigenvalue weighted by atomic mass is 9.68. The minimum absolute atomic E-state index is 0.0124. The summed E-state index contributed by atoms with van der Waals surface area (Å²) in [6.07, 6.45) is -1.57. The van der Waals surface area contributed by atoms with Crippen LogP contribution in [0.25, 0.3) is 22.6 Å². The van der Waals surface area contributed by atoms with Crippen LogP contribution < -0.4 is 19.8 Å². The van der Waals surface area contributed by atoms with Gasteiger partial charge in [0, 0.05) is 36.7 Å². The van der Waals surface area contributed by atoms with Gasteiger partial charge in [-0.05, 0) is 71.6 Å². The van der Waals surface area contributed by atoms with Crippen LogP contribution in [0.5, 0.6) is 17.2 Å². The number of allylic oxidation sites excluding steroid dienone is 1. The van der Waals surface area contributed by atoms with Gasteiger partial charge < -0.3 is 19.1 Å². The van der Waals surface area contributed by atoms with E-state index in [1.807, 2.05) is 42.5 Å². The molecule has 0 bridgehead atoms. The van der Waals surface area contributed by atoms with Crippen LogP contribution in [0, 0.1) is 11.3 Å². The first-order chi connectivity index (χ1) is 23.2. The number of methoxy groups -OCH3 is 3. The molecule has 1 unspecified atom stereocenters. The number of amides is 1. The fourth-order valence-electron chi connectivity index (χ4n) is 6.99. The number of aromatic nitrogens is 3. The minimum atomic E-state index is -4.80. The van der Waals surface area contributed by atoms with Gasteiger partial charge in [-0.25, -0.2) is 9.67 Å². The molecule has 0 spiro atoms. The van der Waals surface area contributed by atoms with Crippen LogP contribution in [0.1, 0.15) is 71.2 Å². The quantitative estimate of drug-likeness (QED) is 0.232. The third-order valence-electron chi connectivity index (χ3n) is 9.67. The van der Waals surface area contributed by atoms with E-state index in [2.05, 4.69) is 25.9 Å². The topological polar surface area (TPSA) is 95.8 Å². The number of aryl methyl sites for hydroxylation is 1. The molecule has 1 aliphatic carbocycles. The molecule has 258 valence electrons. The molecule has 1 amide bonds. The van der Waals surface area contributed by atoms with Crippen LogP contribution in [0.2, 0.25) is 0 Å².